The second-order valence-corrected chi connectivity index (χ2v) is 6.59. The molecule has 7 nitrogen and oxygen atoms in total. The van der Waals surface area contributed by atoms with Crippen molar-refractivity contribution in [2.24, 2.45) is 12.0 Å². The first-order chi connectivity index (χ1) is 11.5. The van der Waals surface area contributed by atoms with Crippen molar-refractivity contribution in [3.05, 3.63) is 18.0 Å². The highest BCUT2D eigenvalue weighted by atomic mass is 16.2. The number of aliphatic imine (C=N–C) groups is 1. The van der Waals surface area contributed by atoms with E-state index in [2.05, 4.69) is 33.4 Å². The quantitative estimate of drug-likeness (QED) is 0.480. The first-order valence-electron chi connectivity index (χ1n) is 8.73. The van der Waals surface area contributed by atoms with Crippen LogP contribution in [0.5, 0.6) is 0 Å². The minimum atomic E-state index is 0.0211. The number of carbonyl (C=O) groups excluding carboxylic acids is 1. The molecule has 0 spiro atoms. The van der Waals surface area contributed by atoms with Crippen LogP contribution < -0.4 is 5.32 Å². The number of amides is 1. The molecular weight excluding hydrogens is 304 g/mol. The summed E-state index contributed by atoms with van der Waals surface area (Å²) < 4.78 is 1.85. The number of likely N-dealkylation sites (tertiary alicyclic amines) is 1. The summed E-state index contributed by atoms with van der Waals surface area (Å²) >= 11 is 0. The fraction of sp³-hybridized carbons (Fsp3) is 0.706. The van der Waals surface area contributed by atoms with Gasteiger partial charge in [0.15, 0.2) is 5.96 Å². The first-order valence-corrected chi connectivity index (χ1v) is 8.73. The van der Waals surface area contributed by atoms with Crippen molar-refractivity contribution in [2.45, 2.75) is 32.1 Å². The van der Waals surface area contributed by atoms with E-state index in [4.69, 9.17) is 0 Å². The number of unbranched alkanes of at least 4 members (excludes halogenated alkanes) is 1. The van der Waals surface area contributed by atoms with Gasteiger partial charge in [-0.05, 0) is 18.4 Å². The second-order valence-electron chi connectivity index (χ2n) is 6.59. The van der Waals surface area contributed by atoms with Crippen LogP contribution >= 0.6 is 0 Å². The lowest BCUT2D eigenvalue weighted by Gasteiger charge is -2.22. The third-order valence-corrected chi connectivity index (χ3v) is 4.36. The van der Waals surface area contributed by atoms with E-state index >= 15 is 0 Å². The average Bonchev–Trinajstić information content (AvgIpc) is 3.19. The zero-order valence-corrected chi connectivity index (χ0v) is 15.3. The minimum absolute atomic E-state index is 0.0211. The molecule has 24 heavy (non-hydrogen) atoms. The fourth-order valence-electron chi connectivity index (χ4n) is 2.80. The lowest BCUT2D eigenvalue weighted by molar-refractivity contribution is -0.127. The molecule has 1 atom stereocenters. The van der Waals surface area contributed by atoms with E-state index in [0.29, 0.717) is 5.92 Å². The van der Waals surface area contributed by atoms with Gasteiger partial charge in [-0.2, -0.15) is 5.10 Å². The van der Waals surface area contributed by atoms with Crippen LogP contribution in [-0.4, -0.2) is 71.7 Å². The molecule has 1 N–H and O–H groups in total. The van der Waals surface area contributed by atoms with Gasteiger partial charge in [-0.1, -0.05) is 13.3 Å². The van der Waals surface area contributed by atoms with E-state index in [1.807, 2.05) is 17.9 Å². The van der Waals surface area contributed by atoms with Gasteiger partial charge >= 0.3 is 0 Å². The van der Waals surface area contributed by atoms with Crippen LogP contribution in [0.4, 0.5) is 0 Å². The maximum atomic E-state index is 11.8. The van der Waals surface area contributed by atoms with Crippen molar-refractivity contribution in [2.75, 3.05) is 40.3 Å². The highest BCUT2D eigenvalue weighted by Gasteiger charge is 2.27. The Morgan fingerprint density at radius 2 is 2.29 bits per heavy atom. The predicted octanol–water partition coefficient (Wildman–Crippen LogP) is 1.04. The van der Waals surface area contributed by atoms with Gasteiger partial charge < -0.3 is 15.1 Å². The Bertz CT molecular complexity index is 565. The number of guanidine groups is 1. The maximum Gasteiger partial charge on any atom is 0.243 e. The summed E-state index contributed by atoms with van der Waals surface area (Å²) in [6, 6.07) is 0. The minimum Gasteiger partial charge on any atom is -0.356 e. The van der Waals surface area contributed by atoms with Crippen molar-refractivity contribution in [3.8, 4) is 0 Å². The number of nitrogens with zero attached hydrogens (tertiary/aromatic N) is 5. The Morgan fingerprint density at radius 3 is 2.92 bits per heavy atom. The van der Waals surface area contributed by atoms with Crippen molar-refractivity contribution < 1.29 is 4.79 Å². The van der Waals surface area contributed by atoms with Gasteiger partial charge in [-0.15, -0.1) is 0 Å². The summed E-state index contributed by atoms with van der Waals surface area (Å²) in [7, 11) is 5.47. The van der Waals surface area contributed by atoms with Gasteiger partial charge in [0.1, 0.15) is 6.54 Å². The fourth-order valence-corrected chi connectivity index (χ4v) is 2.80. The van der Waals surface area contributed by atoms with Crippen molar-refractivity contribution >= 4 is 11.9 Å². The normalized spacial score (nSPS) is 18.1. The lowest BCUT2D eigenvalue weighted by atomic mass is 10.0. The molecule has 1 aromatic rings. The Hall–Kier alpha value is -2.05. The number of likely N-dealkylation sites (N-methyl/N-ethyl adjacent to an activating group) is 1. The van der Waals surface area contributed by atoms with Gasteiger partial charge in [-0.3, -0.25) is 9.48 Å². The van der Waals surface area contributed by atoms with Crippen LogP contribution in [0.2, 0.25) is 0 Å². The van der Waals surface area contributed by atoms with Crippen LogP contribution in [-0.2, 0) is 11.8 Å². The molecule has 0 saturated carbocycles. The zero-order chi connectivity index (χ0) is 17.5. The van der Waals surface area contributed by atoms with E-state index in [1.54, 1.807) is 19.0 Å². The monoisotopic (exact) mass is 334 g/mol. The van der Waals surface area contributed by atoms with E-state index < -0.39 is 0 Å². The van der Waals surface area contributed by atoms with Crippen LogP contribution in [0.3, 0.4) is 0 Å². The molecule has 1 unspecified atom stereocenters. The van der Waals surface area contributed by atoms with Gasteiger partial charge in [0.2, 0.25) is 5.91 Å². The number of nitrogens with one attached hydrogen (secondary N) is 1. The number of hydrogen-bond acceptors (Lipinski definition) is 3. The van der Waals surface area contributed by atoms with Crippen LogP contribution in [0.25, 0.3) is 0 Å². The summed E-state index contributed by atoms with van der Waals surface area (Å²) in [6.45, 7) is 5.12. The van der Waals surface area contributed by atoms with Gasteiger partial charge in [0.05, 0.1) is 6.20 Å². The Labute approximate surface area is 144 Å². The van der Waals surface area contributed by atoms with E-state index in [-0.39, 0.29) is 12.5 Å². The molecule has 0 aromatic carbocycles. The van der Waals surface area contributed by atoms with Gasteiger partial charge in [0, 0.05) is 52.9 Å². The SMILES string of the molecule is CCCCNC(=NCC(=O)N(C)C)N1CCC(c2cnn(C)c2)C1. The number of rotatable bonds is 6. The molecule has 2 heterocycles. The summed E-state index contributed by atoms with van der Waals surface area (Å²) in [5.41, 5.74) is 1.28. The number of carbonyl (C=O) groups is 1. The van der Waals surface area contributed by atoms with E-state index in [9.17, 15) is 4.79 Å². The number of aromatic nitrogens is 2. The van der Waals surface area contributed by atoms with Crippen LogP contribution in [0, 0.1) is 0 Å². The molecule has 7 heteroatoms. The van der Waals surface area contributed by atoms with E-state index in [0.717, 1.165) is 44.9 Å². The predicted molar refractivity (Wildman–Crippen MR) is 96.0 cm³/mol. The lowest BCUT2D eigenvalue weighted by Crippen LogP contribution is -2.41. The Balaban J connectivity index is 2.00. The standard InChI is InChI=1S/C17H30N6O/c1-5-6-8-18-17(19-11-16(24)21(2)3)23-9-7-14(13-23)15-10-20-22(4)12-15/h10,12,14H,5-9,11,13H2,1-4H3,(H,18,19). The first kappa shape index (κ1) is 18.3. The molecule has 1 aliphatic heterocycles. The Kier molecular flexibility index (Phi) is 6.63. The second kappa shape index (κ2) is 8.70. The number of hydrogen-bond donors (Lipinski definition) is 1. The van der Waals surface area contributed by atoms with Crippen LogP contribution in [0.1, 0.15) is 37.7 Å². The molecular formula is C17H30N6O. The summed E-state index contributed by atoms with van der Waals surface area (Å²) in [4.78, 5) is 20.2. The summed E-state index contributed by atoms with van der Waals surface area (Å²) in [5.74, 6) is 1.35. The van der Waals surface area contributed by atoms with E-state index in [1.165, 1.54) is 5.56 Å². The molecule has 1 fully saturated rings. The molecule has 0 bridgehead atoms. The van der Waals surface area contributed by atoms with Gasteiger partial charge in [0.25, 0.3) is 0 Å². The molecule has 1 aliphatic rings. The smallest absolute Gasteiger partial charge is 0.243 e. The van der Waals surface area contributed by atoms with Gasteiger partial charge in [-0.25, -0.2) is 4.99 Å². The molecule has 1 aromatic heterocycles. The van der Waals surface area contributed by atoms with Crippen molar-refractivity contribution in [1.82, 2.24) is 24.9 Å². The number of aryl methyl sites for hydroxylation is 1. The van der Waals surface area contributed by atoms with Crippen LogP contribution in [0.15, 0.2) is 17.4 Å². The topological polar surface area (TPSA) is 65.8 Å². The third-order valence-electron chi connectivity index (χ3n) is 4.36. The Morgan fingerprint density at radius 1 is 1.50 bits per heavy atom. The molecule has 1 amide bonds. The average molecular weight is 334 g/mol. The molecule has 0 radical (unpaired) electrons. The maximum absolute atomic E-state index is 11.8. The summed E-state index contributed by atoms with van der Waals surface area (Å²) in [5, 5.41) is 7.69. The zero-order valence-electron chi connectivity index (χ0n) is 15.3. The largest absolute Gasteiger partial charge is 0.356 e. The summed E-state index contributed by atoms with van der Waals surface area (Å²) in [6.07, 6.45) is 7.35. The molecule has 2 rings (SSSR count). The highest BCUT2D eigenvalue weighted by Crippen LogP contribution is 2.26. The molecule has 1 saturated heterocycles. The van der Waals surface area contributed by atoms with Crippen molar-refractivity contribution in [3.63, 3.8) is 0 Å². The highest BCUT2D eigenvalue weighted by molar-refractivity contribution is 5.85. The third kappa shape index (κ3) is 4.97. The molecule has 134 valence electrons. The van der Waals surface area contributed by atoms with Crippen molar-refractivity contribution in [1.29, 1.82) is 0 Å². The molecule has 0 aliphatic carbocycles.